The molecule has 0 fully saturated rings. The minimum Gasteiger partial charge on any atom is -0.313 e. The van der Waals surface area contributed by atoms with Crippen molar-refractivity contribution in [2.24, 2.45) is 0 Å². The zero-order valence-electron chi connectivity index (χ0n) is 11.4. The van der Waals surface area contributed by atoms with E-state index < -0.39 is 11.6 Å². The number of nitrogens with one attached hydrogen (secondary N) is 1. The standard InChI is InChI=1S/C16H16BrF2N/c1-10-13(4-3-5-14(10)17)16(20-2)8-11-6-7-12(18)9-15(11)19/h3-7,9,16,20H,8H2,1-2H3. The topological polar surface area (TPSA) is 12.0 Å². The highest BCUT2D eigenvalue weighted by Gasteiger charge is 2.16. The summed E-state index contributed by atoms with van der Waals surface area (Å²) in [6.45, 7) is 2.02. The Morgan fingerprint density at radius 2 is 1.95 bits per heavy atom. The molecule has 0 amide bonds. The van der Waals surface area contributed by atoms with Crippen LogP contribution in [0, 0.1) is 18.6 Å². The average molecular weight is 340 g/mol. The summed E-state index contributed by atoms with van der Waals surface area (Å²) < 4.78 is 27.7. The van der Waals surface area contributed by atoms with Crippen molar-refractivity contribution in [2.45, 2.75) is 19.4 Å². The lowest BCUT2D eigenvalue weighted by Crippen LogP contribution is -2.20. The van der Waals surface area contributed by atoms with Gasteiger partial charge in [0, 0.05) is 16.6 Å². The number of rotatable bonds is 4. The van der Waals surface area contributed by atoms with Gasteiger partial charge < -0.3 is 5.32 Å². The van der Waals surface area contributed by atoms with Crippen LogP contribution in [0.5, 0.6) is 0 Å². The Hall–Kier alpha value is -1.26. The minimum absolute atomic E-state index is 0.0209. The van der Waals surface area contributed by atoms with Crippen LogP contribution in [-0.2, 0) is 6.42 Å². The molecule has 1 atom stereocenters. The first-order valence-corrected chi connectivity index (χ1v) is 7.18. The number of benzene rings is 2. The van der Waals surface area contributed by atoms with Gasteiger partial charge in [-0.25, -0.2) is 8.78 Å². The molecule has 106 valence electrons. The van der Waals surface area contributed by atoms with Crippen LogP contribution in [-0.4, -0.2) is 7.05 Å². The second-order valence-electron chi connectivity index (χ2n) is 4.74. The molecule has 1 nitrogen and oxygen atoms in total. The summed E-state index contributed by atoms with van der Waals surface area (Å²) in [7, 11) is 1.84. The average Bonchev–Trinajstić information content (AvgIpc) is 2.42. The van der Waals surface area contributed by atoms with Crippen molar-refractivity contribution in [3.8, 4) is 0 Å². The van der Waals surface area contributed by atoms with Gasteiger partial charge in [0.25, 0.3) is 0 Å². The maximum absolute atomic E-state index is 13.8. The predicted molar refractivity (Wildman–Crippen MR) is 80.7 cm³/mol. The van der Waals surface area contributed by atoms with Crippen molar-refractivity contribution in [1.82, 2.24) is 5.32 Å². The van der Waals surface area contributed by atoms with Crippen LogP contribution in [0.15, 0.2) is 40.9 Å². The van der Waals surface area contributed by atoms with Crippen LogP contribution in [0.2, 0.25) is 0 Å². The highest BCUT2D eigenvalue weighted by Crippen LogP contribution is 2.27. The van der Waals surface area contributed by atoms with Gasteiger partial charge in [0.1, 0.15) is 11.6 Å². The number of hydrogen-bond donors (Lipinski definition) is 1. The summed E-state index contributed by atoms with van der Waals surface area (Å²) in [5.41, 5.74) is 2.73. The lowest BCUT2D eigenvalue weighted by atomic mass is 9.95. The zero-order chi connectivity index (χ0) is 14.7. The van der Waals surface area contributed by atoms with Gasteiger partial charge in [0.2, 0.25) is 0 Å². The molecule has 20 heavy (non-hydrogen) atoms. The third-order valence-electron chi connectivity index (χ3n) is 3.47. The lowest BCUT2D eigenvalue weighted by Gasteiger charge is -2.20. The van der Waals surface area contributed by atoms with Crippen molar-refractivity contribution >= 4 is 15.9 Å². The van der Waals surface area contributed by atoms with E-state index in [4.69, 9.17) is 0 Å². The molecule has 0 aliphatic carbocycles. The summed E-state index contributed by atoms with van der Waals surface area (Å²) in [5.74, 6) is -1.05. The second kappa shape index (κ2) is 6.46. The monoisotopic (exact) mass is 339 g/mol. The molecule has 0 bridgehead atoms. The van der Waals surface area contributed by atoms with Crippen molar-refractivity contribution in [3.05, 3.63) is 69.2 Å². The Morgan fingerprint density at radius 3 is 2.60 bits per heavy atom. The van der Waals surface area contributed by atoms with E-state index in [0.717, 1.165) is 21.7 Å². The maximum atomic E-state index is 13.8. The van der Waals surface area contributed by atoms with Gasteiger partial charge in [-0.2, -0.15) is 0 Å². The third kappa shape index (κ3) is 3.25. The van der Waals surface area contributed by atoms with Crippen LogP contribution in [0.25, 0.3) is 0 Å². The van der Waals surface area contributed by atoms with E-state index in [1.807, 2.05) is 32.2 Å². The molecular weight excluding hydrogens is 324 g/mol. The summed E-state index contributed by atoms with van der Waals surface area (Å²) >= 11 is 3.50. The van der Waals surface area contributed by atoms with Crippen molar-refractivity contribution in [2.75, 3.05) is 7.05 Å². The largest absolute Gasteiger partial charge is 0.313 e. The smallest absolute Gasteiger partial charge is 0.129 e. The molecule has 2 rings (SSSR count). The van der Waals surface area contributed by atoms with Gasteiger partial charge in [-0.15, -0.1) is 0 Å². The van der Waals surface area contributed by atoms with Crippen LogP contribution >= 0.6 is 15.9 Å². The van der Waals surface area contributed by atoms with E-state index in [9.17, 15) is 8.78 Å². The van der Waals surface area contributed by atoms with E-state index in [2.05, 4.69) is 21.2 Å². The van der Waals surface area contributed by atoms with Crippen molar-refractivity contribution in [3.63, 3.8) is 0 Å². The van der Waals surface area contributed by atoms with Crippen LogP contribution in [0.1, 0.15) is 22.7 Å². The Labute approximate surface area is 126 Å². The number of hydrogen-bond acceptors (Lipinski definition) is 1. The van der Waals surface area contributed by atoms with Gasteiger partial charge in [0.15, 0.2) is 0 Å². The van der Waals surface area contributed by atoms with Gasteiger partial charge in [-0.3, -0.25) is 0 Å². The Balaban J connectivity index is 2.31. The molecule has 0 heterocycles. The molecule has 0 aliphatic heterocycles. The maximum Gasteiger partial charge on any atom is 0.129 e. The summed E-state index contributed by atoms with van der Waals surface area (Å²) in [6.07, 6.45) is 0.472. The van der Waals surface area contributed by atoms with Gasteiger partial charge in [-0.1, -0.05) is 34.1 Å². The van der Waals surface area contributed by atoms with Gasteiger partial charge >= 0.3 is 0 Å². The summed E-state index contributed by atoms with van der Waals surface area (Å²) in [4.78, 5) is 0. The summed E-state index contributed by atoms with van der Waals surface area (Å²) in [6, 6.07) is 9.65. The molecule has 0 saturated carbocycles. The molecule has 2 aromatic carbocycles. The first kappa shape index (κ1) is 15.1. The second-order valence-corrected chi connectivity index (χ2v) is 5.59. The molecule has 2 aromatic rings. The highest BCUT2D eigenvalue weighted by molar-refractivity contribution is 9.10. The zero-order valence-corrected chi connectivity index (χ0v) is 13.0. The van der Waals surface area contributed by atoms with E-state index >= 15 is 0 Å². The molecule has 4 heteroatoms. The molecule has 0 aliphatic rings. The highest BCUT2D eigenvalue weighted by atomic mass is 79.9. The van der Waals surface area contributed by atoms with E-state index in [1.165, 1.54) is 12.1 Å². The Morgan fingerprint density at radius 1 is 1.20 bits per heavy atom. The molecule has 1 N–H and O–H groups in total. The molecule has 0 aromatic heterocycles. The van der Waals surface area contributed by atoms with Crippen LogP contribution in [0.4, 0.5) is 8.78 Å². The van der Waals surface area contributed by atoms with Gasteiger partial charge in [-0.05, 0) is 49.2 Å². The molecular formula is C16H16BrF2N. The number of halogens is 3. The number of likely N-dealkylation sites (N-methyl/N-ethyl adjacent to an activating group) is 1. The Kier molecular flexibility index (Phi) is 4.89. The fourth-order valence-electron chi connectivity index (χ4n) is 2.28. The van der Waals surface area contributed by atoms with E-state index in [-0.39, 0.29) is 6.04 Å². The molecule has 1 unspecified atom stereocenters. The summed E-state index contributed by atoms with van der Waals surface area (Å²) in [5, 5.41) is 3.20. The lowest BCUT2D eigenvalue weighted by molar-refractivity contribution is 0.539. The Bertz CT molecular complexity index is 613. The fourth-order valence-corrected chi connectivity index (χ4v) is 2.66. The van der Waals surface area contributed by atoms with Crippen LogP contribution in [0.3, 0.4) is 0 Å². The van der Waals surface area contributed by atoms with Crippen molar-refractivity contribution < 1.29 is 8.78 Å². The third-order valence-corrected chi connectivity index (χ3v) is 4.33. The molecule has 0 spiro atoms. The van der Waals surface area contributed by atoms with E-state index in [0.29, 0.717) is 12.0 Å². The van der Waals surface area contributed by atoms with E-state index in [1.54, 1.807) is 0 Å². The first-order chi connectivity index (χ1) is 9.52. The quantitative estimate of drug-likeness (QED) is 0.862. The SMILES string of the molecule is CNC(Cc1ccc(F)cc1F)c1cccc(Br)c1C. The normalized spacial score (nSPS) is 12.4. The van der Waals surface area contributed by atoms with Gasteiger partial charge in [0.05, 0.1) is 0 Å². The minimum atomic E-state index is -0.550. The molecule has 0 saturated heterocycles. The van der Waals surface area contributed by atoms with Crippen LogP contribution < -0.4 is 5.32 Å². The van der Waals surface area contributed by atoms with Crippen molar-refractivity contribution in [1.29, 1.82) is 0 Å². The fraction of sp³-hybridized carbons (Fsp3) is 0.250. The first-order valence-electron chi connectivity index (χ1n) is 6.39. The predicted octanol–water partition coefficient (Wildman–Crippen LogP) is 4.54. The molecule has 0 radical (unpaired) electrons.